The van der Waals surface area contributed by atoms with Crippen LogP contribution in [-0.4, -0.2) is 53.7 Å². The molecule has 2 fully saturated rings. The van der Waals surface area contributed by atoms with Gasteiger partial charge in [0, 0.05) is 25.4 Å². The highest BCUT2D eigenvalue weighted by molar-refractivity contribution is 5.86. The van der Waals surface area contributed by atoms with Crippen LogP contribution in [-0.2, 0) is 14.3 Å². The number of hydrogen-bond acceptors (Lipinski definition) is 4. The number of hydrogen-bond donors (Lipinski definition) is 2. The molecule has 2 aromatic rings. The molecule has 2 atom stereocenters. The zero-order chi connectivity index (χ0) is 24.4. The molecule has 1 saturated heterocycles. The quantitative estimate of drug-likeness (QED) is 0.589. The summed E-state index contributed by atoms with van der Waals surface area (Å²) in [5.74, 6) is -0.598. The van der Waals surface area contributed by atoms with Crippen LogP contribution in [0.5, 0.6) is 0 Å². The minimum absolute atomic E-state index is 0.0374. The lowest BCUT2D eigenvalue weighted by molar-refractivity contribution is -0.141. The number of ether oxygens (including phenoxy) is 1. The topological polar surface area (TPSA) is 95.9 Å². The van der Waals surface area contributed by atoms with Gasteiger partial charge in [0.2, 0.25) is 5.91 Å². The van der Waals surface area contributed by atoms with Crippen molar-refractivity contribution >= 4 is 18.0 Å². The molecule has 0 bridgehead atoms. The van der Waals surface area contributed by atoms with Crippen molar-refractivity contribution in [3.63, 3.8) is 0 Å². The number of benzene rings is 2. The zero-order valence-corrected chi connectivity index (χ0v) is 19.8. The van der Waals surface area contributed by atoms with Crippen molar-refractivity contribution in [2.45, 2.75) is 50.5 Å². The summed E-state index contributed by atoms with van der Waals surface area (Å²) >= 11 is 0. The van der Waals surface area contributed by atoms with Crippen LogP contribution >= 0.6 is 0 Å². The first-order valence-corrected chi connectivity index (χ1v) is 12.6. The number of nitrogens with zero attached hydrogens (tertiary/aromatic N) is 1. The Morgan fingerprint density at radius 1 is 0.971 bits per heavy atom. The number of rotatable bonds is 8. The molecule has 1 aliphatic heterocycles. The van der Waals surface area contributed by atoms with Crippen molar-refractivity contribution in [2.24, 2.45) is 11.8 Å². The van der Waals surface area contributed by atoms with Gasteiger partial charge in [0.15, 0.2) is 0 Å². The monoisotopic (exact) mass is 476 g/mol. The van der Waals surface area contributed by atoms with Crippen molar-refractivity contribution in [2.75, 3.05) is 19.7 Å². The second-order valence-electron chi connectivity index (χ2n) is 10.1. The number of carboxylic acid groups (broad SMARTS) is 1. The van der Waals surface area contributed by atoms with Crippen LogP contribution in [0.2, 0.25) is 0 Å². The minimum Gasteiger partial charge on any atom is -0.481 e. The molecule has 0 aromatic heterocycles. The highest BCUT2D eigenvalue weighted by atomic mass is 16.5. The second-order valence-corrected chi connectivity index (χ2v) is 10.1. The first-order chi connectivity index (χ1) is 17.0. The first kappa shape index (κ1) is 23.4. The molecule has 184 valence electrons. The normalized spacial score (nSPS) is 20.0. The Hall–Kier alpha value is -3.35. The van der Waals surface area contributed by atoms with Crippen LogP contribution < -0.4 is 5.32 Å². The minimum atomic E-state index is -0.837. The SMILES string of the molecule is O=C(O)CC1CCCN(C(=O)[C@H](CC2CC2)NC(=O)OCC2c3ccccc3-c3ccccc32)C1. The Balaban J connectivity index is 1.23. The molecule has 0 radical (unpaired) electrons. The summed E-state index contributed by atoms with van der Waals surface area (Å²) in [7, 11) is 0. The van der Waals surface area contributed by atoms with Gasteiger partial charge >= 0.3 is 12.1 Å². The van der Waals surface area contributed by atoms with Crippen molar-refractivity contribution in [3.05, 3.63) is 59.7 Å². The van der Waals surface area contributed by atoms with Gasteiger partial charge in [-0.15, -0.1) is 0 Å². The molecule has 7 heteroatoms. The van der Waals surface area contributed by atoms with Crippen molar-refractivity contribution in [3.8, 4) is 11.1 Å². The average molecular weight is 477 g/mol. The Bertz CT molecular complexity index is 1070. The summed E-state index contributed by atoms with van der Waals surface area (Å²) in [6, 6.07) is 15.7. The Morgan fingerprint density at radius 2 is 1.63 bits per heavy atom. The van der Waals surface area contributed by atoms with E-state index in [4.69, 9.17) is 9.84 Å². The van der Waals surface area contributed by atoms with E-state index in [0.717, 1.165) is 36.8 Å². The molecule has 1 saturated carbocycles. The van der Waals surface area contributed by atoms with Crippen LogP contribution in [0.3, 0.4) is 0 Å². The summed E-state index contributed by atoms with van der Waals surface area (Å²) in [6.07, 6.45) is 3.81. The molecular weight excluding hydrogens is 444 g/mol. The van der Waals surface area contributed by atoms with Gasteiger partial charge < -0.3 is 20.1 Å². The number of amides is 2. The molecular formula is C28H32N2O5. The number of alkyl carbamates (subject to hydrolysis) is 1. The highest BCUT2D eigenvalue weighted by Crippen LogP contribution is 2.44. The number of fused-ring (bicyclic) bond motifs is 3. The van der Waals surface area contributed by atoms with Crippen molar-refractivity contribution in [1.82, 2.24) is 10.2 Å². The number of likely N-dealkylation sites (tertiary alicyclic amines) is 1. The molecule has 2 aromatic carbocycles. The fourth-order valence-corrected chi connectivity index (χ4v) is 5.59. The summed E-state index contributed by atoms with van der Waals surface area (Å²) in [6.45, 7) is 1.23. The zero-order valence-electron chi connectivity index (χ0n) is 19.8. The lowest BCUT2D eigenvalue weighted by atomic mass is 9.94. The average Bonchev–Trinajstić information content (AvgIpc) is 3.62. The molecule has 0 spiro atoms. The number of piperidine rings is 1. The van der Waals surface area contributed by atoms with Gasteiger partial charge in [0.25, 0.3) is 0 Å². The maximum absolute atomic E-state index is 13.3. The summed E-state index contributed by atoms with van der Waals surface area (Å²) < 4.78 is 5.68. The van der Waals surface area contributed by atoms with E-state index >= 15 is 0 Å². The fourth-order valence-electron chi connectivity index (χ4n) is 5.59. The van der Waals surface area contributed by atoms with Crippen LogP contribution in [0.25, 0.3) is 11.1 Å². The predicted octanol–water partition coefficient (Wildman–Crippen LogP) is 4.41. The summed E-state index contributed by atoms with van der Waals surface area (Å²) in [5, 5.41) is 12.0. The van der Waals surface area contributed by atoms with Gasteiger partial charge in [-0.1, -0.05) is 61.4 Å². The van der Waals surface area contributed by atoms with E-state index in [0.29, 0.717) is 25.4 Å². The highest BCUT2D eigenvalue weighted by Gasteiger charge is 2.36. The van der Waals surface area contributed by atoms with E-state index in [1.165, 1.54) is 11.1 Å². The lowest BCUT2D eigenvalue weighted by Gasteiger charge is -2.34. The van der Waals surface area contributed by atoms with Gasteiger partial charge in [0.05, 0.1) is 0 Å². The fraction of sp³-hybridized carbons (Fsp3) is 0.464. The molecule has 3 aliphatic rings. The molecule has 2 amide bonds. The van der Waals surface area contributed by atoms with E-state index < -0.39 is 18.1 Å². The van der Waals surface area contributed by atoms with Gasteiger partial charge in [0.1, 0.15) is 12.6 Å². The van der Waals surface area contributed by atoms with Crippen LogP contribution in [0.1, 0.15) is 55.6 Å². The summed E-state index contributed by atoms with van der Waals surface area (Å²) in [4.78, 5) is 39.0. The van der Waals surface area contributed by atoms with E-state index in [9.17, 15) is 14.4 Å². The molecule has 2 aliphatic carbocycles. The third-order valence-electron chi connectivity index (χ3n) is 7.49. The third kappa shape index (κ3) is 5.34. The van der Waals surface area contributed by atoms with Crippen LogP contribution in [0.4, 0.5) is 4.79 Å². The van der Waals surface area contributed by atoms with E-state index in [2.05, 4.69) is 29.6 Å². The van der Waals surface area contributed by atoms with Gasteiger partial charge in [-0.3, -0.25) is 9.59 Å². The van der Waals surface area contributed by atoms with Gasteiger partial charge in [-0.2, -0.15) is 0 Å². The van der Waals surface area contributed by atoms with E-state index in [1.807, 2.05) is 24.3 Å². The van der Waals surface area contributed by atoms with Crippen molar-refractivity contribution < 1.29 is 24.2 Å². The standard InChI is InChI=1S/C28H32N2O5/c31-26(32)15-19-6-5-13-30(16-19)27(33)25(14-18-11-12-18)29-28(34)35-17-24-22-9-3-1-7-20(22)21-8-2-4-10-23(21)24/h1-4,7-10,18-19,24-25H,5-6,11-17H2,(H,29,34)(H,31,32)/t19?,25-/m0/s1. The molecule has 5 rings (SSSR count). The third-order valence-corrected chi connectivity index (χ3v) is 7.49. The number of aliphatic carboxylic acids is 1. The largest absolute Gasteiger partial charge is 0.481 e. The maximum atomic E-state index is 13.3. The predicted molar refractivity (Wildman–Crippen MR) is 131 cm³/mol. The maximum Gasteiger partial charge on any atom is 0.407 e. The number of carbonyl (C=O) groups excluding carboxylic acids is 2. The molecule has 1 heterocycles. The van der Waals surface area contributed by atoms with E-state index in [1.54, 1.807) is 4.90 Å². The van der Waals surface area contributed by atoms with Gasteiger partial charge in [-0.05, 0) is 53.4 Å². The second kappa shape index (κ2) is 10.1. The lowest BCUT2D eigenvalue weighted by Crippen LogP contribution is -2.51. The number of carboxylic acids is 1. The first-order valence-electron chi connectivity index (χ1n) is 12.6. The Kier molecular flexibility index (Phi) is 6.75. The molecule has 7 nitrogen and oxygen atoms in total. The van der Waals surface area contributed by atoms with Crippen LogP contribution in [0.15, 0.2) is 48.5 Å². The molecule has 2 N–H and O–H groups in total. The number of nitrogens with one attached hydrogen (secondary N) is 1. The number of carbonyl (C=O) groups is 3. The van der Waals surface area contributed by atoms with E-state index in [-0.39, 0.29) is 30.8 Å². The summed E-state index contributed by atoms with van der Waals surface area (Å²) in [5.41, 5.74) is 4.62. The Morgan fingerprint density at radius 3 is 2.26 bits per heavy atom. The molecule has 1 unspecified atom stereocenters. The Labute approximate surface area is 205 Å². The van der Waals surface area contributed by atoms with Crippen molar-refractivity contribution in [1.29, 1.82) is 0 Å². The van der Waals surface area contributed by atoms with Gasteiger partial charge in [-0.25, -0.2) is 4.79 Å². The molecule has 35 heavy (non-hydrogen) atoms. The smallest absolute Gasteiger partial charge is 0.407 e. The van der Waals surface area contributed by atoms with Crippen LogP contribution in [0, 0.1) is 11.8 Å².